The van der Waals surface area contributed by atoms with E-state index in [4.69, 9.17) is 23.2 Å². The summed E-state index contributed by atoms with van der Waals surface area (Å²) < 4.78 is 0. The van der Waals surface area contributed by atoms with Gasteiger partial charge in [-0.3, -0.25) is 4.79 Å². The molecule has 0 bridgehead atoms. The Bertz CT molecular complexity index is 662. The molecule has 1 N–H and O–H groups in total. The van der Waals surface area contributed by atoms with Gasteiger partial charge < -0.3 is 10.2 Å². The highest BCUT2D eigenvalue weighted by molar-refractivity contribution is 6.35. The molecule has 2 aromatic rings. The second-order valence-corrected chi connectivity index (χ2v) is 6.08. The Balaban J connectivity index is 1.70. The van der Waals surface area contributed by atoms with Crippen LogP contribution in [0.5, 0.6) is 0 Å². The van der Waals surface area contributed by atoms with Gasteiger partial charge in [0.1, 0.15) is 5.82 Å². The summed E-state index contributed by atoms with van der Waals surface area (Å²) in [7, 11) is 0. The molecule has 1 fully saturated rings. The molecule has 114 valence electrons. The van der Waals surface area contributed by atoms with E-state index in [1.807, 2.05) is 12.1 Å². The van der Waals surface area contributed by atoms with Crippen LogP contribution in [0.2, 0.25) is 10.0 Å². The number of amides is 1. The summed E-state index contributed by atoms with van der Waals surface area (Å²) in [6.45, 7) is 2.08. The molecule has 1 aromatic carbocycles. The van der Waals surface area contributed by atoms with Gasteiger partial charge in [-0.15, -0.1) is 0 Å². The Morgan fingerprint density at radius 1 is 1.09 bits per heavy atom. The van der Waals surface area contributed by atoms with Crippen LogP contribution in [-0.2, 0) is 0 Å². The maximum absolute atomic E-state index is 12.2. The normalized spacial score (nSPS) is 14.2. The highest BCUT2D eigenvalue weighted by Crippen LogP contribution is 2.21. The molecule has 22 heavy (non-hydrogen) atoms. The van der Waals surface area contributed by atoms with Gasteiger partial charge in [0.05, 0.1) is 11.9 Å². The molecule has 0 atom stereocenters. The number of anilines is 2. The quantitative estimate of drug-likeness (QED) is 0.912. The van der Waals surface area contributed by atoms with Crippen LogP contribution in [0.4, 0.5) is 11.5 Å². The van der Waals surface area contributed by atoms with Crippen molar-refractivity contribution < 1.29 is 4.79 Å². The fourth-order valence-corrected chi connectivity index (χ4v) is 3.01. The van der Waals surface area contributed by atoms with Crippen molar-refractivity contribution in [3.05, 3.63) is 52.1 Å². The van der Waals surface area contributed by atoms with E-state index in [9.17, 15) is 4.79 Å². The summed E-state index contributed by atoms with van der Waals surface area (Å²) in [5, 5.41) is 3.65. The minimum atomic E-state index is -0.264. The first-order valence-corrected chi connectivity index (χ1v) is 7.86. The van der Waals surface area contributed by atoms with E-state index in [0.717, 1.165) is 18.9 Å². The first-order chi connectivity index (χ1) is 10.6. The second kappa shape index (κ2) is 6.55. The lowest BCUT2D eigenvalue weighted by Gasteiger charge is -2.16. The number of benzene rings is 1. The fraction of sp³-hybridized carbons (Fsp3) is 0.250. The number of nitrogens with zero attached hydrogens (tertiary/aromatic N) is 2. The van der Waals surface area contributed by atoms with Gasteiger partial charge in [-0.05, 0) is 43.2 Å². The number of aromatic nitrogens is 1. The summed E-state index contributed by atoms with van der Waals surface area (Å²) in [5.41, 5.74) is 1.06. The molecule has 1 amide bonds. The van der Waals surface area contributed by atoms with Crippen LogP contribution in [0.25, 0.3) is 0 Å². The highest BCUT2D eigenvalue weighted by Gasteiger charge is 2.14. The van der Waals surface area contributed by atoms with Gasteiger partial charge in [0.25, 0.3) is 5.91 Å². The Labute approximate surface area is 139 Å². The standard InChI is InChI=1S/C16H15Cl2N3O/c17-12-7-11(8-13(18)9-12)16(22)20-14-3-4-15(19-10-14)21-5-1-2-6-21/h3-4,7-10H,1-2,5-6H2,(H,20,22). The maximum Gasteiger partial charge on any atom is 0.255 e. The van der Waals surface area contributed by atoms with Crippen molar-refractivity contribution in [2.75, 3.05) is 23.3 Å². The van der Waals surface area contributed by atoms with Crippen LogP contribution in [0.15, 0.2) is 36.5 Å². The number of carbonyl (C=O) groups is 1. The van der Waals surface area contributed by atoms with Gasteiger partial charge in [-0.2, -0.15) is 0 Å². The van der Waals surface area contributed by atoms with Crippen LogP contribution in [0.1, 0.15) is 23.2 Å². The van der Waals surface area contributed by atoms with Gasteiger partial charge in [0, 0.05) is 28.7 Å². The molecule has 0 radical (unpaired) electrons. The Morgan fingerprint density at radius 2 is 1.77 bits per heavy atom. The van der Waals surface area contributed by atoms with Crippen LogP contribution < -0.4 is 10.2 Å². The van der Waals surface area contributed by atoms with E-state index in [-0.39, 0.29) is 5.91 Å². The lowest BCUT2D eigenvalue weighted by atomic mass is 10.2. The smallest absolute Gasteiger partial charge is 0.255 e. The van der Waals surface area contributed by atoms with E-state index in [1.165, 1.54) is 12.8 Å². The fourth-order valence-electron chi connectivity index (χ4n) is 2.48. The summed E-state index contributed by atoms with van der Waals surface area (Å²) in [6, 6.07) is 8.52. The molecule has 1 saturated heterocycles. The molecule has 4 nitrogen and oxygen atoms in total. The third kappa shape index (κ3) is 3.51. The topological polar surface area (TPSA) is 45.2 Å². The minimum Gasteiger partial charge on any atom is -0.357 e. The van der Waals surface area contributed by atoms with Crippen molar-refractivity contribution in [1.82, 2.24) is 4.98 Å². The SMILES string of the molecule is O=C(Nc1ccc(N2CCCC2)nc1)c1cc(Cl)cc(Cl)c1. The van der Waals surface area contributed by atoms with Crippen molar-refractivity contribution in [3.8, 4) is 0 Å². The van der Waals surface area contributed by atoms with Gasteiger partial charge >= 0.3 is 0 Å². The molecule has 0 aliphatic carbocycles. The molecule has 6 heteroatoms. The van der Waals surface area contributed by atoms with E-state index in [1.54, 1.807) is 24.4 Å². The van der Waals surface area contributed by atoms with Gasteiger partial charge in [0.2, 0.25) is 0 Å². The largest absolute Gasteiger partial charge is 0.357 e. The summed E-state index contributed by atoms with van der Waals surface area (Å²) >= 11 is 11.8. The van der Waals surface area contributed by atoms with Gasteiger partial charge in [-0.1, -0.05) is 23.2 Å². The van der Waals surface area contributed by atoms with Gasteiger partial charge in [0.15, 0.2) is 0 Å². The third-order valence-electron chi connectivity index (χ3n) is 3.56. The van der Waals surface area contributed by atoms with Crippen molar-refractivity contribution >= 4 is 40.6 Å². The van der Waals surface area contributed by atoms with Crippen LogP contribution >= 0.6 is 23.2 Å². The molecular formula is C16H15Cl2N3O. The number of hydrogen-bond donors (Lipinski definition) is 1. The molecule has 0 spiro atoms. The van der Waals surface area contributed by atoms with E-state index in [0.29, 0.717) is 21.3 Å². The Hall–Kier alpha value is -1.78. The number of carbonyl (C=O) groups excluding carboxylic acids is 1. The molecule has 1 aliphatic heterocycles. The lowest BCUT2D eigenvalue weighted by molar-refractivity contribution is 0.102. The lowest BCUT2D eigenvalue weighted by Crippen LogP contribution is -2.19. The van der Waals surface area contributed by atoms with E-state index in [2.05, 4.69) is 15.2 Å². The first-order valence-electron chi connectivity index (χ1n) is 7.10. The van der Waals surface area contributed by atoms with Crippen molar-refractivity contribution in [3.63, 3.8) is 0 Å². The number of rotatable bonds is 3. The molecule has 2 heterocycles. The molecule has 1 aliphatic rings. The maximum atomic E-state index is 12.2. The molecular weight excluding hydrogens is 321 g/mol. The van der Waals surface area contributed by atoms with Crippen LogP contribution in [-0.4, -0.2) is 24.0 Å². The monoisotopic (exact) mass is 335 g/mol. The average Bonchev–Trinajstić information content (AvgIpc) is 3.01. The second-order valence-electron chi connectivity index (χ2n) is 5.21. The Kier molecular flexibility index (Phi) is 4.50. The zero-order valence-electron chi connectivity index (χ0n) is 11.9. The molecule has 1 aromatic heterocycles. The zero-order chi connectivity index (χ0) is 15.5. The van der Waals surface area contributed by atoms with Crippen LogP contribution in [0, 0.1) is 0 Å². The molecule has 0 saturated carbocycles. The predicted molar refractivity (Wildman–Crippen MR) is 90.1 cm³/mol. The predicted octanol–water partition coefficient (Wildman–Crippen LogP) is 4.24. The first kappa shape index (κ1) is 15.1. The Morgan fingerprint density at radius 3 is 2.36 bits per heavy atom. The minimum absolute atomic E-state index is 0.264. The highest BCUT2D eigenvalue weighted by atomic mass is 35.5. The van der Waals surface area contributed by atoms with Gasteiger partial charge in [-0.25, -0.2) is 4.98 Å². The molecule has 0 unspecified atom stereocenters. The van der Waals surface area contributed by atoms with Crippen LogP contribution in [0.3, 0.4) is 0 Å². The average molecular weight is 336 g/mol. The van der Waals surface area contributed by atoms with E-state index < -0.39 is 0 Å². The number of pyridine rings is 1. The number of halogens is 2. The summed E-state index contributed by atoms with van der Waals surface area (Å²) in [5.74, 6) is 0.682. The molecule has 3 rings (SSSR count). The van der Waals surface area contributed by atoms with E-state index >= 15 is 0 Å². The summed E-state index contributed by atoms with van der Waals surface area (Å²) in [6.07, 6.45) is 4.07. The number of hydrogen-bond acceptors (Lipinski definition) is 3. The summed E-state index contributed by atoms with van der Waals surface area (Å²) in [4.78, 5) is 18.8. The number of nitrogens with one attached hydrogen (secondary N) is 1. The van der Waals surface area contributed by atoms with Crippen molar-refractivity contribution in [2.45, 2.75) is 12.8 Å². The third-order valence-corrected chi connectivity index (χ3v) is 4.00. The van der Waals surface area contributed by atoms with Crippen molar-refractivity contribution in [1.29, 1.82) is 0 Å². The zero-order valence-corrected chi connectivity index (χ0v) is 13.4. The van der Waals surface area contributed by atoms with Crippen molar-refractivity contribution in [2.24, 2.45) is 0 Å².